The van der Waals surface area contributed by atoms with Crippen LogP contribution in [0.4, 0.5) is 13.2 Å². The molecule has 0 unspecified atom stereocenters. The van der Waals surface area contributed by atoms with Gasteiger partial charge >= 0.3 is 6.18 Å². The van der Waals surface area contributed by atoms with Crippen molar-refractivity contribution < 1.29 is 22.7 Å². The van der Waals surface area contributed by atoms with Crippen molar-refractivity contribution in [1.82, 2.24) is 10.2 Å². The molecule has 0 radical (unpaired) electrons. The first-order valence-electron chi connectivity index (χ1n) is 4.96. The number of ether oxygens (including phenoxy) is 1. The highest BCUT2D eigenvalue weighted by Crippen LogP contribution is 2.11. The van der Waals surface area contributed by atoms with Gasteiger partial charge in [-0.25, -0.2) is 0 Å². The number of hydrogen-bond donors (Lipinski definition) is 1. The molecule has 0 saturated heterocycles. The third-order valence-electron chi connectivity index (χ3n) is 1.80. The van der Waals surface area contributed by atoms with Gasteiger partial charge in [-0.1, -0.05) is 0 Å². The second kappa shape index (κ2) is 7.45. The zero-order valence-corrected chi connectivity index (χ0v) is 9.43. The quantitative estimate of drug-likeness (QED) is 0.666. The predicted octanol–water partition coefficient (Wildman–Crippen LogP) is 0.633. The van der Waals surface area contributed by atoms with Gasteiger partial charge in [0.25, 0.3) is 0 Å². The van der Waals surface area contributed by atoms with Crippen LogP contribution in [0, 0.1) is 0 Å². The van der Waals surface area contributed by atoms with Crippen LogP contribution in [0.5, 0.6) is 0 Å². The molecule has 0 saturated carbocycles. The van der Waals surface area contributed by atoms with E-state index in [1.165, 1.54) is 11.9 Å². The van der Waals surface area contributed by atoms with Gasteiger partial charge in [-0.05, 0) is 6.92 Å². The van der Waals surface area contributed by atoms with Gasteiger partial charge in [0, 0.05) is 20.2 Å². The van der Waals surface area contributed by atoms with Crippen LogP contribution in [0.3, 0.4) is 0 Å². The molecule has 7 heteroatoms. The molecule has 0 aromatic rings. The molecule has 0 spiro atoms. The number of halogens is 3. The largest absolute Gasteiger partial charge is 0.401 e. The van der Waals surface area contributed by atoms with Crippen LogP contribution in [0.2, 0.25) is 0 Å². The van der Waals surface area contributed by atoms with Crippen LogP contribution < -0.4 is 5.32 Å². The smallest absolute Gasteiger partial charge is 0.380 e. The minimum atomic E-state index is -4.29. The van der Waals surface area contributed by atoms with Gasteiger partial charge in [-0.3, -0.25) is 4.79 Å². The number of carbonyl (C=O) groups is 1. The van der Waals surface area contributed by atoms with Gasteiger partial charge in [0.15, 0.2) is 0 Å². The molecule has 0 aliphatic rings. The van der Waals surface area contributed by atoms with Crippen molar-refractivity contribution in [3.63, 3.8) is 0 Å². The monoisotopic (exact) mass is 242 g/mol. The second-order valence-corrected chi connectivity index (χ2v) is 3.23. The molecule has 1 N–H and O–H groups in total. The molecule has 0 aromatic carbocycles. The fourth-order valence-electron chi connectivity index (χ4n) is 0.917. The van der Waals surface area contributed by atoms with Crippen LogP contribution >= 0.6 is 0 Å². The molecule has 4 nitrogen and oxygen atoms in total. The van der Waals surface area contributed by atoms with Crippen molar-refractivity contribution in [2.75, 3.05) is 39.9 Å². The molecule has 0 aliphatic carbocycles. The van der Waals surface area contributed by atoms with E-state index in [1.807, 2.05) is 12.2 Å². The molecule has 0 aromatic heterocycles. The molecule has 0 atom stereocenters. The van der Waals surface area contributed by atoms with Crippen molar-refractivity contribution in [3.05, 3.63) is 0 Å². The zero-order valence-electron chi connectivity index (χ0n) is 9.43. The maximum Gasteiger partial charge on any atom is 0.401 e. The van der Waals surface area contributed by atoms with E-state index in [-0.39, 0.29) is 12.5 Å². The number of hydrogen-bond acceptors (Lipinski definition) is 3. The summed E-state index contributed by atoms with van der Waals surface area (Å²) in [5.74, 6) is -0.385. The zero-order chi connectivity index (χ0) is 12.6. The van der Waals surface area contributed by atoms with E-state index < -0.39 is 12.7 Å². The Labute approximate surface area is 92.7 Å². The number of amides is 1. The standard InChI is InChI=1S/C9H17F3N2O2/c1-3-16-5-4-14(2)8(15)6-13-7-9(10,11)12/h13H,3-7H2,1-2H3. The van der Waals surface area contributed by atoms with Crippen molar-refractivity contribution in [2.24, 2.45) is 0 Å². The third-order valence-corrected chi connectivity index (χ3v) is 1.80. The summed E-state index contributed by atoms with van der Waals surface area (Å²) in [5.41, 5.74) is 0. The Bertz CT molecular complexity index is 209. The number of carbonyl (C=O) groups excluding carboxylic acids is 1. The normalized spacial score (nSPS) is 11.6. The van der Waals surface area contributed by atoms with Gasteiger partial charge in [0.05, 0.1) is 19.7 Å². The molecule has 0 bridgehead atoms. The Morgan fingerprint density at radius 3 is 2.56 bits per heavy atom. The summed E-state index contributed by atoms with van der Waals surface area (Å²) in [6.07, 6.45) is -4.29. The maximum atomic E-state index is 11.7. The Balaban J connectivity index is 3.63. The molecule has 0 rings (SSSR count). The SMILES string of the molecule is CCOCCN(C)C(=O)CNCC(F)(F)F. The highest BCUT2D eigenvalue weighted by molar-refractivity contribution is 5.77. The average molecular weight is 242 g/mol. The highest BCUT2D eigenvalue weighted by Gasteiger charge is 2.26. The summed E-state index contributed by atoms with van der Waals surface area (Å²) in [6.45, 7) is 1.67. The van der Waals surface area contributed by atoms with E-state index in [0.29, 0.717) is 19.8 Å². The second-order valence-electron chi connectivity index (χ2n) is 3.23. The lowest BCUT2D eigenvalue weighted by Crippen LogP contribution is -2.40. The molecule has 0 aliphatic heterocycles. The van der Waals surface area contributed by atoms with E-state index in [1.54, 1.807) is 0 Å². The number of alkyl halides is 3. The van der Waals surface area contributed by atoms with Crippen molar-refractivity contribution in [1.29, 1.82) is 0 Å². The number of nitrogens with zero attached hydrogens (tertiary/aromatic N) is 1. The van der Waals surface area contributed by atoms with Crippen LogP contribution in [0.15, 0.2) is 0 Å². The first-order chi connectivity index (χ1) is 7.37. The van der Waals surface area contributed by atoms with Crippen LogP contribution in [-0.2, 0) is 9.53 Å². The van der Waals surface area contributed by atoms with E-state index >= 15 is 0 Å². The molecule has 1 amide bonds. The Morgan fingerprint density at radius 1 is 1.44 bits per heavy atom. The van der Waals surface area contributed by atoms with Crippen molar-refractivity contribution in [2.45, 2.75) is 13.1 Å². The van der Waals surface area contributed by atoms with Crippen molar-refractivity contribution in [3.8, 4) is 0 Å². The van der Waals surface area contributed by atoms with Gasteiger partial charge < -0.3 is 15.0 Å². The average Bonchev–Trinajstić information content (AvgIpc) is 2.15. The summed E-state index contributed by atoms with van der Waals surface area (Å²) < 4.78 is 40.3. The fraction of sp³-hybridized carbons (Fsp3) is 0.889. The molecular weight excluding hydrogens is 225 g/mol. The molecular formula is C9H17F3N2O2. The topological polar surface area (TPSA) is 41.6 Å². The summed E-state index contributed by atoms with van der Waals surface area (Å²) in [6, 6.07) is 0. The first kappa shape index (κ1) is 15.2. The predicted molar refractivity (Wildman–Crippen MR) is 53.1 cm³/mol. The van der Waals surface area contributed by atoms with Crippen LogP contribution in [-0.4, -0.2) is 56.9 Å². The summed E-state index contributed by atoms with van der Waals surface area (Å²) >= 11 is 0. The number of likely N-dealkylation sites (N-methyl/N-ethyl adjacent to an activating group) is 1. The van der Waals surface area contributed by atoms with E-state index in [9.17, 15) is 18.0 Å². The Hall–Kier alpha value is -0.820. The maximum absolute atomic E-state index is 11.7. The molecule has 0 fully saturated rings. The number of rotatable bonds is 7. The Kier molecular flexibility index (Phi) is 7.07. The van der Waals surface area contributed by atoms with E-state index in [0.717, 1.165) is 0 Å². The van der Waals surface area contributed by atoms with Gasteiger partial charge in [-0.2, -0.15) is 13.2 Å². The minimum absolute atomic E-state index is 0.317. The highest BCUT2D eigenvalue weighted by atomic mass is 19.4. The van der Waals surface area contributed by atoms with E-state index in [2.05, 4.69) is 0 Å². The lowest BCUT2D eigenvalue weighted by atomic mass is 10.4. The third kappa shape index (κ3) is 8.49. The summed E-state index contributed by atoms with van der Waals surface area (Å²) in [7, 11) is 1.52. The molecule has 16 heavy (non-hydrogen) atoms. The van der Waals surface area contributed by atoms with Gasteiger partial charge in [0.1, 0.15) is 0 Å². The molecule has 96 valence electrons. The minimum Gasteiger partial charge on any atom is -0.380 e. The summed E-state index contributed by atoms with van der Waals surface area (Å²) in [5, 5.41) is 2.04. The number of nitrogens with one attached hydrogen (secondary N) is 1. The van der Waals surface area contributed by atoms with Gasteiger partial charge in [0.2, 0.25) is 5.91 Å². The van der Waals surface area contributed by atoms with Crippen LogP contribution in [0.1, 0.15) is 6.92 Å². The fourth-order valence-corrected chi connectivity index (χ4v) is 0.917. The lowest BCUT2D eigenvalue weighted by molar-refractivity contribution is -0.133. The lowest BCUT2D eigenvalue weighted by Gasteiger charge is -2.17. The van der Waals surface area contributed by atoms with Crippen LogP contribution in [0.25, 0.3) is 0 Å². The molecule has 0 heterocycles. The Morgan fingerprint density at radius 2 is 2.06 bits per heavy atom. The first-order valence-corrected chi connectivity index (χ1v) is 4.96. The summed E-state index contributed by atoms with van der Waals surface area (Å²) in [4.78, 5) is 12.6. The van der Waals surface area contributed by atoms with E-state index in [4.69, 9.17) is 4.74 Å². The van der Waals surface area contributed by atoms with Crippen molar-refractivity contribution >= 4 is 5.91 Å². The van der Waals surface area contributed by atoms with Gasteiger partial charge in [-0.15, -0.1) is 0 Å².